The zero-order valence-electron chi connectivity index (χ0n) is 5.46. The summed E-state index contributed by atoms with van der Waals surface area (Å²) >= 11 is 0. The zero-order valence-corrected chi connectivity index (χ0v) is 5.46. The molecule has 0 bridgehead atoms. The van der Waals surface area contributed by atoms with Crippen LogP contribution < -0.4 is 5.46 Å². The maximum Gasteiger partial charge on any atom is 0.305 e. The van der Waals surface area contributed by atoms with Gasteiger partial charge in [-0.25, -0.2) is 0 Å². The average Bonchev–Trinajstić information content (AvgIpc) is 1.89. The predicted octanol–water partition coefficient (Wildman–Crippen LogP) is -0.0359. The lowest BCUT2D eigenvalue weighted by Gasteiger charge is -1.96. The molecule has 0 aliphatic carbocycles. The fourth-order valence-electron chi connectivity index (χ4n) is 0.787. The van der Waals surface area contributed by atoms with Crippen molar-refractivity contribution in [3.63, 3.8) is 0 Å². The van der Waals surface area contributed by atoms with E-state index in [0.29, 0.717) is 0 Å². The molecular weight excluding hydrogens is 111 g/mol. The molecule has 1 rings (SSSR count). The molecule has 0 atom stereocenters. The van der Waals surface area contributed by atoms with Crippen LogP contribution in [0, 0.1) is 6.92 Å². The fraction of sp³-hybridized carbons (Fsp3) is 0.143. The molecule has 0 aromatic heterocycles. The molecule has 1 aromatic rings. The van der Waals surface area contributed by atoms with Gasteiger partial charge < -0.3 is 5.02 Å². The van der Waals surface area contributed by atoms with Gasteiger partial charge in [0, 0.05) is 0 Å². The molecule has 1 nitrogen and oxygen atoms in total. The van der Waals surface area contributed by atoms with Crippen LogP contribution in [0.1, 0.15) is 5.56 Å². The quantitative estimate of drug-likeness (QED) is 0.515. The Morgan fingerprint density at radius 3 is 2.44 bits per heavy atom. The fourth-order valence-corrected chi connectivity index (χ4v) is 0.787. The molecule has 0 aliphatic heterocycles. The van der Waals surface area contributed by atoms with E-state index < -0.39 is 0 Å². The summed E-state index contributed by atoms with van der Waals surface area (Å²) in [7, 11) is 0.146. The van der Waals surface area contributed by atoms with Crippen LogP contribution in [0.5, 0.6) is 0 Å². The summed E-state index contributed by atoms with van der Waals surface area (Å²) < 4.78 is 0. The first-order valence-corrected chi connectivity index (χ1v) is 3.00. The summed E-state index contributed by atoms with van der Waals surface area (Å²) in [6.45, 7) is 1.99. The summed E-state index contributed by atoms with van der Waals surface area (Å²) in [5.74, 6) is 0. The maximum absolute atomic E-state index is 8.72. The molecule has 0 spiro atoms. The standard InChI is InChI=1S/C7H9BO/c1-6-4-2-3-5-7(6)8-9/h2-5,8-9H,1H3. The highest BCUT2D eigenvalue weighted by Gasteiger charge is 1.93. The third-order valence-corrected chi connectivity index (χ3v) is 1.43. The molecule has 46 valence electrons. The summed E-state index contributed by atoms with van der Waals surface area (Å²) in [5, 5.41) is 8.72. The highest BCUT2D eigenvalue weighted by molar-refractivity contribution is 6.46. The van der Waals surface area contributed by atoms with Gasteiger partial charge in [0.15, 0.2) is 0 Å². The van der Waals surface area contributed by atoms with Gasteiger partial charge in [0.25, 0.3) is 0 Å². The number of hydrogen-bond acceptors (Lipinski definition) is 1. The van der Waals surface area contributed by atoms with Gasteiger partial charge in [0.1, 0.15) is 0 Å². The van der Waals surface area contributed by atoms with Crippen LogP contribution in [0.3, 0.4) is 0 Å². The van der Waals surface area contributed by atoms with Crippen molar-refractivity contribution in [3.05, 3.63) is 29.8 Å². The van der Waals surface area contributed by atoms with E-state index >= 15 is 0 Å². The van der Waals surface area contributed by atoms with Crippen molar-refractivity contribution in [3.8, 4) is 0 Å². The Morgan fingerprint density at radius 2 is 2.00 bits per heavy atom. The lowest BCUT2D eigenvalue weighted by molar-refractivity contribution is 0.615. The van der Waals surface area contributed by atoms with E-state index in [1.807, 2.05) is 31.2 Å². The van der Waals surface area contributed by atoms with E-state index in [9.17, 15) is 0 Å². The Morgan fingerprint density at radius 1 is 1.33 bits per heavy atom. The Hall–Kier alpha value is -0.755. The maximum atomic E-state index is 8.72. The molecule has 0 saturated carbocycles. The highest BCUT2D eigenvalue weighted by Crippen LogP contribution is 1.90. The van der Waals surface area contributed by atoms with Gasteiger partial charge in [0.05, 0.1) is 0 Å². The van der Waals surface area contributed by atoms with Crippen molar-refractivity contribution < 1.29 is 5.02 Å². The van der Waals surface area contributed by atoms with Gasteiger partial charge in [-0.05, 0) is 6.92 Å². The molecule has 0 heterocycles. The van der Waals surface area contributed by atoms with Crippen LogP contribution in [0.4, 0.5) is 0 Å². The van der Waals surface area contributed by atoms with E-state index in [-0.39, 0.29) is 7.48 Å². The molecular formula is C7H9BO. The second-order valence-corrected chi connectivity index (χ2v) is 2.08. The lowest BCUT2D eigenvalue weighted by atomic mass is 9.85. The van der Waals surface area contributed by atoms with E-state index in [1.165, 1.54) is 0 Å². The number of aryl methyl sites for hydroxylation is 1. The van der Waals surface area contributed by atoms with Crippen molar-refractivity contribution in [2.24, 2.45) is 0 Å². The minimum atomic E-state index is 0.146. The van der Waals surface area contributed by atoms with Crippen LogP contribution in [0.15, 0.2) is 24.3 Å². The van der Waals surface area contributed by atoms with Crippen molar-refractivity contribution in [2.75, 3.05) is 0 Å². The largest absolute Gasteiger partial charge is 0.449 e. The van der Waals surface area contributed by atoms with Gasteiger partial charge in [-0.15, -0.1) is 0 Å². The summed E-state index contributed by atoms with van der Waals surface area (Å²) in [6, 6.07) is 7.81. The van der Waals surface area contributed by atoms with Crippen molar-refractivity contribution in [2.45, 2.75) is 6.92 Å². The second kappa shape index (κ2) is 2.69. The third kappa shape index (κ3) is 1.33. The zero-order chi connectivity index (χ0) is 6.69. The first kappa shape index (κ1) is 6.37. The molecule has 0 fully saturated rings. The molecule has 0 saturated heterocycles. The SMILES string of the molecule is Cc1ccccc1BO. The van der Waals surface area contributed by atoms with Gasteiger partial charge >= 0.3 is 7.48 Å². The normalized spacial score (nSPS) is 9.11. The summed E-state index contributed by atoms with van der Waals surface area (Å²) in [6.07, 6.45) is 0. The van der Waals surface area contributed by atoms with Crippen molar-refractivity contribution >= 4 is 12.9 Å². The van der Waals surface area contributed by atoms with Crippen molar-refractivity contribution in [1.82, 2.24) is 0 Å². The van der Waals surface area contributed by atoms with Crippen molar-refractivity contribution in [1.29, 1.82) is 0 Å². The molecule has 1 aromatic carbocycles. The number of benzene rings is 1. The first-order valence-electron chi connectivity index (χ1n) is 3.00. The van der Waals surface area contributed by atoms with E-state index in [4.69, 9.17) is 5.02 Å². The number of rotatable bonds is 1. The molecule has 0 radical (unpaired) electrons. The van der Waals surface area contributed by atoms with Gasteiger partial charge in [0.2, 0.25) is 0 Å². The smallest absolute Gasteiger partial charge is 0.305 e. The predicted molar refractivity (Wildman–Crippen MR) is 40.2 cm³/mol. The molecule has 0 amide bonds. The molecule has 2 heteroatoms. The number of hydrogen-bond donors (Lipinski definition) is 1. The van der Waals surface area contributed by atoms with Crippen LogP contribution in [0.2, 0.25) is 0 Å². The minimum Gasteiger partial charge on any atom is -0.449 e. The van der Waals surface area contributed by atoms with Crippen LogP contribution in [0.25, 0.3) is 0 Å². The Bertz CT molecular complexity index is 198. The second-order valence-electron chi connectivity index (χ2n) is 2.08. The Labute approximate surface area is 55.6 Å². The molecule has 0 aliphatic rings. The van der Waals surface area contributed by atoms with Crippen LogP contribution >= 0.6 is 0 Å². The highest BCUT2D eigenvalue weighted by atomic mass is 16.2. The molecule has 0 unspecified atom stereocenters. The Kier molecular flexibility index (Phi) is 1.90. The minimum absolute atomic E-state index is 0.146. The van der Waals surface area contributed by atoms with Gasteiger partial charge in [-0.2, -0.15) is 0 Å². The molecule has 9 heavy (non-hydrogen) atoms. The average molecular weight is 120 g/mol. The Balaban J connectivity index is 3.01. The summed E-state index contributed by atoms with van der Waals surface area (Å²) in [4.78, 5) is 0. The van der Waals surface area contributed by atoms with E-state index in [0.717, 1.165) is 11.0 Å². The van der Waals surface area contributed by atoms with E-state index in [1.54, 1.807) is 0 Å². The summed E-state index contributed by atoms with van der Waals surface area (Å²) in [5.41, 5.74) is 2.16. The van der Waals surface area contributed by atoms with Gasteiger partial charge in [-0.1, -0.05) is 35.3 Å². The third-order valence-electron chi connectivity index (χ3n) is 1.43. The van der Waals surface area contributed by atoms with E-state index in [2.05, 4.69) is 0 Å². The van der Waals surface area contributed by atoms with Crippen LogP contribution in [-0.4, -0.2) is 12.5 Å². The lowest BCUT2D eigenvalue weighted by Crippen LogP contribution is -2.15. The molecule has 1 N–H and O–H groups in total. The van der Waals surface area contributed by atoms with Gasteiger partial charge in [-0.3, -0.25) is 0 Å². The first-order chi connectivity index (χ1) is 4.34. The topological polar surface area (TPSA) is 20.2 Å². The monoisotopic (exact) mass is 120 g/mol. The van der Waals surface area contributed by atoms with Crippen LogP contribution in [-0.2, 0) is 0 Å².